The van der Waals surface area contributed by atoms with Crippen LogP contribution < -0.4 is 0 Å². The van der Waals surface area contributed by atoms with E-state index in [1.807, 2.05) is 12.1 Å². The van der Waals surface area contributed by atoms with Gasteiger partial charge in [-0.3, -0.25) is 14.6 Å². The first-order chi connectivity index (χ1) is 9.68. The lowest BCUT2D eigenvalue weighted by Crippen LogP contribution is -1.99. The van der Waals surface area contributed by atoms with Crippen LogP contribution in [0.2, 0.25) is 10.0 Å². The number of benzene rings is 1. The molecule has 1 N–H and O–H groups in total. The molecule has 0 amide bonds. The second-order valence-corrected chi connectivity index (χ2v) is 5.20. The molecular formula is C13H8Cl2N4S. The molecule has 0 aliphatic heterocycles. The molecule has 3 rings (SSSR count). The van der Waals surface area contributed by atoms with Crippen LogP contribution in [-0.2, 0) is 0 Å². The molecule has 1 aromatic carbocycles. The van der Waals surface area contributed by atoms with Crippen molar-refractivity contribution < 1.29 is 0 Å². The highest BCUT2D eigenvalue weighted by Crippen LogP contribution is 2.31. The van der Waals surface area contributed by atoms with E-state index in [-0.39, 0.29) is 0 Å². The topological polar surface area (TPSA) is 46.5 Å². The summed E-state index contributed by atoms with van der Waals surface area (Å²) in [6, 6.07) is 8.98. The number of hydrogen-bond acceptors (Lipinski definition) is 3. The third-order valence-corrected chi connectivity index (χ3v) is 3.66. The molecule has 0 unspecified atom stereocenters. The zero-order valence-electron chi connectivity index (χ0n) is 10.0. The van der Waals surface area contributed by atoms with Crippen LogP contribution in [0.25, 0.3) is 17.1 Å². The first-order valence-electron chi connectivity index (χ1n) is 5.70. The summed E-state index contributed by atoms with van der Waals surface area (Å²) >= 11 is 17.8. The Hall–Kier alpha value is -1.69. The van der Waals surface area contributed by atoms with Crippen molar-refractivity contribution in [3.8, 4) is 17.1 Å². The Bertz CT molecular complexity index is 790. The van der Waals surface area contributed by atoms with E-state index in [0.29, 0.717) is 26.3 Å². The zero-order valence-corrected chi connectivity index (χ0v) is 12.4. The molecule has 0 aliphatic carbocycles. The molecule has 0 aliphatic rings. The lowest BCUT2D eigenvalue weighted by molar-refractivity contribution is 1.04. The van der Waals surface area contributed by atoms with Gasteiger partial charge in [-0.25, -0.2) is 0 Å². The maximum atomic E-state index is 6.25. The van der Waals surface area contributed by atoms with Gasteiger partial charge in [0.15, 0.2) is 10.6 Å². The highest BCUT2D eigenvalue weighted by molar-refractivity contribution is 7.71. The molecule has 0 saturated carbocycles. The smallest absolute Gasteiger partial charge is 0.200 e. The number of pyridine rings is 1. The number of aromatic nitrogens is 4. The first kappa shape index (κ1) is 13.3. The molecule has 4 nitrogen and oxygen atoms in total. The van der Waals surface area contributed by atoms with Crippen molar-refractivity contribution >= 4 is 35.4 Å². The summed E-state index contributed by atoms with van der Waals surface area (Å²) in [5, 5.41) is 8.02. The molecule has 0 radical (unpaired) electrons. The number of H-pyrrole nitrogens is 1. The molecule has 100 valence electrons. The SMILES string of the molecule is S=c1[nH]nc(-c2ccncc2)n1-c1c(Cl)cccc1Cl. The molecule has 2 aromatic heterocycles. The van der Waals surface area contributed by atoms with E-state index in [1.54, 1.807) is 35.2 Å². The molecule has 7 heteroatoms. The van der Waals surface area contributed by atoms with Crippen LogP contribution in [-0.4, -0.2) is 19.7 Å². The number of rotatable bonds is 2. The van der Waals surface area contributed by atoms with Crippen molar-refractivity contribution in [1.82, 2.24) is 19.7 Å². The Morgan fingerprint density at radius 3 is 2.35 bits per heavy atom. The van der Waals surface area contributed by atoms with Gasteiger partial charge in [0.2, 0.25) is 0 Å². The normalized spacial score (nSPS) is 10.7. The summed E-state index contributed by atoms with van der Waals surface area (Å²) in [6.07, 6.45) is 3.37. The van der Waals surface area contributed by atoms with Gasteiger partial charge in [0, 0.05) is 18.0 Å². The Labute approximate surface area is 130 Å². The van der Waals surface area contributed by atoms with E-state index in [4.69, 9.17) is 35.4 Å². The molecule has 0 saturated heterocycles. The van der Waals surface area contributed by atoms with Gasteiger partial charge in [-0.1, -0.05) is 29.3 Å². The fourth-order valence-electron chi connectivity index (χ4n) is 1.90. The minimum Gasteiger partial charge on any atom is -0.265 e. The second-order valence-electron chi connectivity index (χ2n) is 3.99. The quantitative estimate of drug-likeness (QED) is 0.715. The van der Waals surface area contributed by atoms with Gasteiger partial charge >= 0.3 is 0 Å². The van der Waals surface area contributed by atoms with Gasteiger partial charge in [0.05, 0.1) is 15.7 Å². The van der Waals surface area contributed by atoms with Crippen LogP contribution in [0.4, 0.5) is 0 Å². The first-order valence-corrected chi connectivity index (χ1v) is 6.87. The van der Waals surface area contributed by atoms with Gasteiger partial charge < -0.3 is 0 Å². The van der Waals surface area contributed by atoms with E-state index in [1.165, 1.54) is 0 Å². The van der Waals surface area contributed by atoms with E-state index in [9.17, 15) is 0 Å². The van der Waals surface area contributed by atoms with Crippen LogP contribution in [0.5, 0.6) is 0 Å². The fraction of sp³-hybridized carbons (Fsp3) is 0. The number of nitrogens with one attached hydrogen (secondary N) is 1. The minimum absolute atomic E-state index is 0.423. The van der Waals surface area contributed by atoms with Gasteiger partial charge in [0.1, 0.15) is 0 Å². The lowest BCUT2D eigenvalue weighted by Gasteiger charge is -2.10. The molecular weight excluding hydrogens is 315 g/mol. The predicted molar refractivity (Wildman–Crippen MR) is 82.0 cm³/mol. The molecule has 3 aromatic rings. The van der Waals surface area contributed by atoms with Gasteiger partial charge in [-0.2, -0.15) is 5.10 Å². The van der Waals surface area contributed by atoms with Crippen LogP contribution in [0.3, 0.4) is 0 Å². The Morgan fingerprint density at radius 2 is 1.70 bits per heavy atom. The Kier molecular flexibility index (Phi) is 3.56. The van der Waals surface area contributed by atoms with Crippen molar-refractivity contribution in [1.29, 1.82) is 0 Å². The maximum absolute atomic E-state index is 6.25. The number of halogens is 2. The second kappa shape index (κ2) is 5.36. The summed E-state index contributed by atoms with van der Waals surface area (Å²) in [6.45, 7) is 0. The standard InChI is InChI=1S/C13H8Cl2N4S/c14-9-2-1-3-10(15)11(9)19-12(17-18-13(19)20)8-4-6-16-7-5-8/h1-7H,(H,18,20). The van der Waals surface area contributed by atoms with Crippen molar-refractivity contribution in [2.75, 3.05) is 0 Å². The number of nitrogens with zero attached hydrogens (tertiary/aromatic N) is 3. The third-order valence-electron chi connectivity index (χ3n) is 2.77. The summed E-state index contributed by atoms with van der Waals surface area (Å²) in [4.78, 5) is 3.99. The van der Waals surface area contributed by atoms with Crippen LogP contribution in [0, 0.1) is 4.77 Å². The van der Waals surface area contributed by atoms with E-state index >= 15 is 0 Å². The van der Waals surface area contributed by atoms with Gasteiger partial charge in [-0.15, -0.1) is 0 Å². The lowest BCUT2D eigenvalue weighted by atomic mass is 10.2. The molecule has 20 heavy (non-hydrogen) atoms. The largest absolute Gasteiger partial charge is 0.265 e. The van der Waals surface area contributed by atoms with Crippen molar-refractivity contribution in [2.24, 2.45) is 0 Å². The van der Waals surface area contributed by atoms with Crippen LogP contribution in [0.1, 0.15) is 0 Å². The molecule has 0 bridgehead atoms. The van der Waals surface area contributed by atoms with E-state index in [2.05, 4.69) is 15.2 Å². The number of hydrogen-bond donors (Lipinski definition) is 1. The summed E-state index contributed by atoms with van der Waals surface area (Å²) in [5.74, 6) is 0.632. The van der Waals surface area contributed by atoms with Gasteiger partial charge in [-0.05, 0) is 36.5 Å². The minimum atomic E-state index is 0.423. The Morgan fingerprint density at radius 1 is 1.05 bits per heavy atom. The zero-order chi connectivity index (χ0) is 14.1. The third kappa shape index (κ3) is 2.24. The number of aromatic amines is 1. The molecule has 2 heterocycles. The van der Waals surface area contributed by atoms with Crippen LogP contribution in [0.15, 0.2) is 42.7 Å². The van der Waals surface area contributed by atoms with Gasteiger partial charge in [0.25, 0.3) is 0 Å². The van der Waals surface area contributed by atoms with E-state index < -0.39 is 0 Å². The highest BCUT2D eigenvalue weighted by atomic mass is 35.5. The molecule has 0 atom stereocenters. The average Bonchev–Trinajstić information content (AvgIpc) is 2.82. The summed E-state index contributed by atoms with van der Waals surface area (Å²) in [5.41, 5.74) is 1.48. The predicted octanol–water partition coefficient (Wildman–Crippen LogP) is 4.30. The fourth-order valence-corrected chi connectivity index (χ4v) is 2.69. The molecule has 0 spiro atoms. The van der Waals surface area contributed by atoms with Crippen LogP contribution >= 0.6 is 35.4 Å². The van der Waals surface area contributed by atoms with Crippen molar-refractivity contribution in [3.05, 3.63) is 57.5 Å². The van der Waals surface area contributed by atoms with Crippen molar-refractivity contribution in [2.45, 2.75) is 0 Å². The highest BCUT2D eigenvalue weighted by Gasteiger charge is 2.15. The van der Waals surface area contributed by atoms with E-state index in [0.717, 1.165) is 5.56 Å². The maximum Gasteiger partial charge on any atom is 0.200 e. The number of para-hydroxylation sites is 1. The monoisotopic (exact) mass is 322 g/mol. The Balaban J connectivity index is 2.31. The average molecular weight is 323 g/mol. The summed E-state index contributed by atoms with van der Waals surface area (Å²) < 4.78 is 2.14. The van der Waals surface area contributed by atoms with Crippen molar-refractivity contribution in [3.63, 3.8) is 0 Å². The molecule has 0 fully saturated rings. The summed E-state index contributed by atoms with van der Waals surface area (Å²) in [7, 11) is 0.